The molecule has 0 amide bonds. The molecule has 0 saturated heterocycles. The molecule has 11 aromatic rings. The van der Waals surface area contributed by atoms with Crippen LogP contribution in [0.15, 0.2) is 229 Å². The predicted molar refractivity (Wildman–Crippen MR) is 255 cm³/mol. The SMILES string of the molecule is c1ccc(-c2cc(-c3ccccc3)cc(-c3cc(-c4ccc5c(c4)-c4ccccc4C54c5ccccc5-c5ccccc54)nc(-c4cccc5c4oc4ccccc45)c3)c2)cc1. The summed E-state index contributed by atoms with van der Waals surface area (Å²) >= 11 is 0. The second kappa shape index (κ2) is 13.5. The van der Waals surface area contributed by atoms with Crippen LogP contribution >= 0.6 is 0 Å². The molecule has 0 saturated carbocycles. The minimum Gasteiger partial charge on any atom is -0.455 e. The number of rotatable bonds is 5. The first kappa shape index (κ1) is 34.8. The Kier molecular flexibility index (Phi) is 7.55. The van der Waals surface area contributed by atoms with Crippen molar-refractivity contribution in [3.05, 3.63) is 247 Å². The van der Waals surface area contributed by atoms with Gasteiger partial charge < -0.3 is 4.42 Å². The number of pyridine rings is 1. The van der Waals surface area contributed by atoms with E-state index in [1.807, 2.05) is 12.1 Å². The number of hydrogen-bond acceptors (Lipinski definition) is 2. The average molecular weight is 788 g/mol. The van der Waals surface area contributed by atoms with Crippen molar-refractivity contribution in [2.24, 2.45) is 0 Å². The molecule has 0 fully saturated rings. The largest absolute Gasteiger partial charge is 0.455 e. The van der Waals surface area contributed by atoms with Crippen molar-refractivity contribution >= 4 is 21.9 Å². The number of nitrogens with zero attached hydrogens (tertiary/aromatic N) is 1. The van der Waals surface area contributed by atoms with Crippen LogP contribution in [0.3, 0.4) is 0 Å². The van der Waals surface area contributed by atoms with Gasteiger partial charge in [-0.15, -0.1) is 0 Å². The monoisotopic (exact) mass is 787 g/mol. The highest BCUT2D eigenvalue weighted by Gasteiger charge is 2.51. The van der Waals surface area contributed by atoms with Gasteiger partial charge in [-0.2, -0.15) is 0 Å². The Morgan fingerprint density at radius 2 is 0.758 bits per heavy atom. The summed E-state index contributed by atoms with van der Waals surface area (Å²) in [4.78, 5) is 5.56. The normalized spacial score (nSPS) is 13.0. The molecular weight excluding hydrogens is 751 g/mol. The molecule has 0 bridgehead atoms. The highest BCUT2D eigenvalue weighted by molar-refractivity contribution is 6.09. The molecule has 13 rings (SSSR count). The maximum absolute atomic E-state index is 6.65. The van der Waals surface area contributed by atoms with E-state index >= 15 is 0 Å². The zero-order valence-electron chi connectivity index (χ0n) is 33.7. The maximum Gasteiger partial charge on any atom is 0.144 e. The zero-order chi connectivity index (χ0) is 40.8. The second-order valence-corrected chi connectivity index (χ2v) is 16.6. The molecule has 288 valence electrons. The van der Waals surface area contributed by atoms with Crippen LogP contribution in [0.2, 0.25) is 0 Å². The van der Waals surface area contributed by atoms with Gasteiger partial charge in [-0.1, -0.05) is 176 Å². The van der Waals surface area contributed by atoms with Crippen LogP contribution in [-0.2, 0) is 5.41 Å². The van der Waals surface area contributed by atoms with E-state index in [1.54, 1.807) is 0 Å². The Labute approximate surface area is 360 Å². The molecule has 62 heavy (non-hydrogen) atoms. The Morgan fingerprint density at radius 3 is 1.40 bits per heavy atom. The van der Waals surface area contributed by atoms with Crippen molar-refractivity contribution < 1.29 is 4.42 Å². The molecule has 0 radical (unpaired) electrons. The molecule has 2 aliphatic rings. The summed E-state index contributed by atoms with van der Waals surface area (Å²) in [5, 5.41) is 2.19. The number of hydrogen-bond donors (Lipinski definition) is 0. The third kappa shape index (κ3) is 5.07. The van der Waals surface area contributed by atoms with Gasteiger partial charge in [0.25, 0.3) is 0 Å². The van der Waals surface area contributed by atoms with Crippen molar-refractivity contribution in [2.75, 3.05) is 0 Å². The molecule has 0 unspecified atom stereocenters. The highest BCUT2D eigenvalue weighted by Crippen LogP contribution is 2.63. The van der Waals surface area contributed by atoms with Gasteiger partial charge in [-0.3, -0.25) is 0 Å². The first-order valence-corrected chi connectivity index (χ1v) is 21.4. The van der Waals surface area contributed by atoms with Gasteiger partial charge in [0.15, 0.2) is 0 Å². The summed E-state index contributed by atoms with van der Waals surface area (Å²) in [5.41, 5.74) is 22.5. The first-order valence-electron chi connectivity index (χ1n) is 21.4. The Balaban J connectivity index is 1.06. The third-order valence-corrected chi connectivity index (χ3v) is 13.3. The molecule has 2 nitrogen and oxygen atoms in total. The summed E-state index contributed by atoms with van der Waals surface area (Å²) in [6.07, 6.45) is 0. The van der Waals surface area contributed by atoms with Gasteiger partial charge in [0.1, 0.15) is 11.2 Å². The summed E-state index contributed by atoms with van der Waals surface area (Å²) in [6, 6.07) is 81.6. The topological polar surface area (TPSA) is 26.0 Å². The highest BCUT2D eigenvalue weighted by atomic mass is 16.3. The molecule has 0 atom stereocenters. The summed E-state index contributed by atoms with van der Waals surface area (Å²) in [6.45, 7) is 0. The van der Waals surface area contributed by atoms with Crippen LogP contribution in [0.5, 0.6) is 0 Å². The minimum atomic E-state index is -0.402. The summed E-state index contributed by atoms with van der Waals surface area (Å²) in [7, 11) is 0. The van der Waals surface area contributed by atoms with Gasteiger partial charge in [0.2, 0.25) is 0 Å². The lowest BCUT2D eigenvalue weighted by Crippen LogP contribution is -2.25. The number of aromatic nitrogens is 1. The molecule has 2 heteroatoms. The van der Waals surface area contributed by atoms with E-state index in [1.165, 1.54) is 55.6 Å². The summed E-state index contributed by atoms with van der Waals surface area (Å²) in [5.74, 6) is 0. The smallest absolute Gasteiger partial charge is 0.144 e. The van der Waals surface area contributed by atoms with E-state index in [4.69, 9.17) is 9.40 Å². The van der Waals surface area contributed by atoms with Crippen molar-refractivity contribution in [2.45, 2.75) is 5.41 Å². The van der Waals surface area contributed by atoms with Crippen LogP contribution in [0.4, 0.5) is 0 Å². The van der Waals surface area contributed by atoms with E-state index < -0.39 is 5.41 Å². The van der Waals surface area contributed by atoms with Crippen LogP contribution in [0.25, 0.3) is 100 Å². The zero-order valence-corrected chi connectivity index (χ0v) is 33.7. The average Bonchev–Trinajstić information content (AvgIpc) is 3.98. The second-order valence-electron chi connectivity index (χ2n) is 16.6. The molecule has 9 aromatic carbocycles. The number of furan rings is 1. The lowest BCUT2D eigenvalue weighted by Gasteiger charge is -2.30. The van der Waals surface area contributed by atoms with Gasteiger partial charge in [-0.05, 0) is 126 Å². The lowest BCUT2D eigenvalue weighted by molar-refractivity contribution is 0.670. The van der Waals surface area contributed by atoms with E-state index in [0.717, 1.165) is 66.7 Å². The standard InChI is InChI=1S/C60H37NO/c1-3-16-38(17-4-1)41-32-42(39-18-5-2-6-19-39)34-43(33-41)44-36-56(61-57(37-44)50-25-15-24-49-48-23-10-14-29-58(48)62-59(49)50)40-30-31-55-51(35-40)47-22-9-13-28-54(47)60(55)52-26-11-7-20-45(52)46-21-8-12-27-53(46)60/h1-37H. The number of para-hydroxylation sites is 2. The fourth-order valence-electron chi connectivity index (χ4n) is 10.6. The van der Waals surface area contributed by atoms with E-state index in [-0.39, 0.29) is 0 Å². The van der Waals surface area contributed by atoms with E-state index in [2.05, 4.69) is 212 Å². The van der Waals surface area contributed by atoms with Crippen molar-refractivity contribution in [1.82, 2.24) is 4.98 Å². The van der Waals surface area contributed by atoms with Gasteiger partial charge >= 0.3 is 0 Å². The van der Waals surface area contributed by atoms with E-state index in [0.29, 0.717) is 0 Å². The molecular formula is C60H37NO. The van der Waals surface area contributed by atoms with Crippen molar-refractivity contribution in [1.29, 1.82) is 0 Å². The van der Waals surface area contributed by atoms with Crippen LogP contribution < -0.4 is 0 Å². The summed E-state index contributed by atoms with van der Waals surface area (Å²) < 4.78 is 6.65. The lowest BCUT2D eigenvalue weighted by atomic mass is 9.70. The molecule has 0 N–H and O–H groups in total. The van der Waals surface area contributed by atoms with Gasteiger partial charge in [0.05, 0.1) is 16.8 Å². The number of benzene rings is 9. The first-order chi connectivity index (χ1) is 30.7. The number of fused-ring (bicyclic) bond motifs is 13. The molecule has 1 spiro atoms. The Bertz CT molecular complexity index is 3480. The Hall–Kier alpha value is -8.07. The minimum absolute atomic E-state index is 0.402. The predicted octanol–water partition coefficient (Wildman–Crippen LogP) is 15.7. The third-order valence-electron chi connectivity index (χ3n) is 13.3. The van der Waals surface area contributed by atoms with Crippen molar-refractivity contribution in [3.8, 4) is 78.1 Å². The van der Waals surface area contributed by atoms with Crippen LogP contribution in [-0.4, -0.2) is 4.98 Å². The Morgan fingerprint density at radius 1 is 0.290 bits per heavy atom. The van der Waals surface area contributed by atoms with Crippen LogP contribution in [0.1, 0.15) is 22.3 Å². The van der Waals surface area contributed by atoms with Crippen molar-refractivity contribution in [3.63, 3.8) is 0 Å². The quantitative estimate of drug-likeness (QED) is 0.174. The molecule has 2 aliphatic carbocycles. The molecule has 2 aromatic heterocycles. The fraction of sp³-hybridized carbons (Fsp3) is 0.0167. The molecule has 2 heterocycles. The molecule has 0 aliphatic heterocycles. The van der Waals surface area contributed by atoms with Crippen LogP contribution in [0, 0.1) is 0 Å². The van der Waals surface area contributed by atoms with Gasteiger partial charge in [0, 0.05) is 21.9 Å². The van der Waals surface area contributed by atoms with Gasteiger partial charge in [-0.25, -0.2) is 4.98 Å². The fourth-order valence-corrected chi connectivity index (χ4v) is 10.6. The van der Waals surface area contributed by atoms with E-state index in [9.17, 15) is 0 Å². The maximum atomic E-state index is 6.65.